The van der Waals surface area contributed by atoms with Crippen LogP contribution in [0, 0.1) is 0 Å². The Hall–Kier alpha value is -2.37. The number of carboxylic acids is 1. The molecule has 1 N–H and O–H groups in total. The number of rotatable bonds is 6. The maximum Gasteiger partial charge on any atom is 0.410 e. The fraction of sp³-hybridized carbons (Fsp3) is 0.438. The van der Waals surface area contributed by atoms with Crippen LogP contribution in [-0.4, -0.2) is 40.4 Å². The first-order valence-corrected chi connectivity index (χ1v) is 7.30. The summed E-state index contributed by atoms with van der Waals surface area (Å²) in [5.41, 5.74) is 0.879. The summed E-state index contributed by atoms with van der Waals surface area (Å²) in [7, 11) is 0. The summed E-state index contributed by atoms with van der Waals surface area (Å²) >= 11 is 0. The Morgan fingerprint density at radius 2 is 1.91 bits per heavy atom. The second kappa shape index (κ2) is 7.59. The molecule has 2 rings (SSSR count). The van der Waals surface area contributed by atoms with Crippen LogP contribution in [0.4, 0.5) is 4.79 Å². The summed E-state index contributed by atoms with van der Waals surface area (Å²) < 4.78 is 5.24. The molecule has 1 aromatic carbocycles. The Labute approximate surface area is 128 Å². The third-order valence-corrected chi connectivity index (χ3v) is 3.65. The van der Waals surface area contributed by atoms with Gasteiger partial charge in [-0.3, -0.25) is 14.5 Å². The maximum atomic E-state index is 12.1. The third kappa shape index (κ3) is 4.31. The van der Waals surface area contributed by atoms with E-state index in [0.717, 1.165) is 12.0 Å². The van der Waals surface area contributed by atoms with Crippen molar-refractivity contribution in [3.8, 4) is 0 Å². The standard InChI is InChI=1S/C16H19NO5/c18-14(8-9-15(19)20)13-7-4-10-17(13)16(21)22-11-12-5-2-1-3-6-12/h1-3,5-6,13H,4,7-11H2,(H,19,20). The molecule has 1 heterocycles. The van der Waals surface area contributed by atoms with Crippen molar-refractivity contribution < 1.29 is 24.2 Å². The number of carbonyl (C=O) groups excluding carboxylic acids is 2. The molecule has 1 unspecified atom stereocenters. The number of likely N-dealkylation sites (tertiary alicyclic amines) is 1. The molecule has 0 spiro atoms. The highest BCUT2D eigenvalue weighted by atomic mass is 16.6. The molecule has 118 valence electrons. The Morgan fingerprint density at radius 1 is 1.18 bits per heavy atom. The lowest BCUT2D eigenvalue weighted by molar-refractivity contribution is -0.139. The number of benzene rings is 1. The lowest BCUT2D eigenvalue weighted by atomic mass is 10.1. The van der Waals surface area contributed by atoms with Crippen molar-refractivity contribution >= 4 is 17.8 Å². The van der Waals surface area contributed by atoms with Crippen LogP contribution in [0.3, 0.4) is 0 Å². The fourth-order valence-corrected chi connectivity index (χ4v) is 2.52. The fourth-order valence-electron chi connectivity index (χ4n) is 2.52. The molecule has 0 aliphatic carbocycles. The van der Waals surface area contributed by atoms with Crippen molar-refractivity contribution in [1.82, 2.24) is 4.90 Å². The maximum absolute atomic E-state index is 12.1. The summed E-state index contributed by atoms with van der Waals surface area (Å²) in [6.45, 7) is 0.628. The van der Waals surface area contributed by atoms with Crippen molar-refractivity contribution in [3.63, 3.8) is 0 Å². The van der Waals surface area contributed by atoms with Crippen LogP contribution in [0.25, 0.3) is 0 Å². The van der Waals surface area contributed by atoms with E-state index in [1.54, 1.807) is 0 Å². The predicted molar refractivity (Wildman–Crippen MR) is 78.2 cm³/mol. The quantitative estimate of drug-likeness (QED) is 0.871. The molecule has 0 aromatic heterocycles. The van der Waals surface area contributed by atoms with Crippen LogP contribution in [0.2, 0.25) is 0 Å². The predicted octanol–water partition coefficient (Wildman–Crippen LogP) is 2.22. The molecule has 22 heavy (non-hydrogen) atoms. The number of hydrogen-bond acceptors (Lipinski definition) is 4. The van der Waals surface area contributed by atoms with Crippen molar-refractivity contribution in [2.24, 2.45) is 0 Å². The molecule has 1 fully saturated rings. The number of Topliss-reactive ketones (excluding diaryl/α,β-unsaturated/α-hetero) is 1. The molecule has 6 heteroatoms. The van der Waals surface area contributed by atoms with Gasteiger partial charge in [0.25, 0.3) is 0 Å². The van der Waals surface area contributed by atoms with E-state index in [-0.39, 0.29) is 25.2 Å². The number of carboxylic acid groups (broad SMARTS) is 1. The largest absolute Gasteiger partial charge is 0.481 e. The van der Waals surface area contributed by atoms with Crippen molar-refractivity contribution in [1.29, 1.82) is 0 Å². The smallest absolute Gasteiger partial charge is 0.410 e. The van der Waals surface area contributed by atoms with Gasteiger partial charge in [0, 0.05) is 13.0 Å². The van der Waals surface area contributed by atoms with Gasteiger partial charge in [0.2, 0.25) is 0 Å². The molecule has 6 nitrogen and oxygen atoms in total. The van der Waals surface area contributed by atoms with Gasteiger partial charge in [-0.2, -0.15) is 0 Å². The second-order valence-electron chi connectivity index (χ2n) is 5.25. The zero-order chi connectivity index (χ0) is 15.9. The summed E-state index contributed by atoms with van der Waals surface area (Å²) in [5.74, 6) is -1.22. The number of ketones is 1. The van der Waals surface area contributed by atoms with Gasteiger partial charge < -0.3 is 9.84 Å². The topological polar surface area (TPSA) is 83.9 Å². The minimum Gasteiger partial charge on any atom is -0.481 e. The molecule has 0 saturated carbocycles. The van der Waals surface area contributed by atoms with Crippen LogP contribution in [0.15, 0.2) is 30.3 Å². The zero-order valence-corrected chi connectivity index (χ0v) is 12.2. The molecular formula is C16H19NO5. The summed E-state index contributed by atoms with van der Waals surface area (Å²) in [5, 5.41) is 8.63. The molecular weight excluding hydrogens is 286 g/mol. The third-order valence-electron chi connectivity index (χ3n) is 3.65. The van der Waals surface area contributed by atoms with Gasteiger partial charge in [-0.1, -0.05) is 30.3 Å². The normalized spacial score (nSPS) is 17.3. The molecule has 0 bridgehead atoms. The molecule has 1 aliphatic heterocycles. The molecule has 1 amide bonds. The Balaban J connectivity index is 1.87. The van der Waals surface area contributed by atoms with Crippen LogP contribution >= 0.6 is 0 Å². The zero-order valence-electron chi connectivity index (χ0n) is 12.2. The van der Waals surface area contributed by atoms with E-state index in [4.69, 9.17) is 9.84 Å². The Morgan fingerprint density at radius 3 is 2.59 bits per heavy atom. The first kappa shape index (κ1) is 16.0. The lowest BCUT2D eigenvalue weighted by Gasteiger charge is -2.22. The average Bonchev–Trinajstić information content (AvgIpc) is 3.01. The number of ether oxygens (including phenoxy) is 1. The highest BCUT2D eigenvalue weighted by Gasteiger charge is 2.34. The van der Waals surface area contributed by atoms with E-state index >= 15 is 0 Å². The van der Waals surface area contributed by atoms with Gasteiger partial charge in [0.15, 0.2) is 5.78 Å². The van der Waals surface area contributed by atoms with Crippen molar-refractivity contribution in [2.75, 3.05) is 6.54 Å². The van der Waals surface area contributed by atoms with E-state index in [1.165, 1.54) is 4.90 Å². The van der Waals surface area contributed by atoms with E-state index in [1.807, 2.05) is 30.3 Å². The number of hydrogen-bond donors (Lipinski definition) is 1. The van der Waals surface area contributed by atoms with Gasteiger partial charge in [-0.25, -0.2) is 4.79 Å². The van der Waals surface area contributed by atoms with Gasteiger partial charge in [0.05, 0.1) is 12.5 Å². The average molecular weight is 305 g/mol. The van der Waals surface area contributed by atoms with E-state index < -0.39 is 18.1 Å². The Bertz CT molecular complexity index is 543. The molecule has 1 aromatic rings. The van der Waals surface area contributed by atoms with Crippen molar-refractivity contribution in [2.45, 2.75) is 38.3 Å². The van der Waals surface area contributed by atoms with Gasteiger partial charge in [0.1, 0.15) is 6.61 Å². The number of aliphatic carboxylic acids is 1. The highest BCUT2D eigenvalue weighted by molar-refractivity contribution is 5.89. The second-order valence-corrected chi connectivity index (χ2v) is 5.25. The van der Waals surface area contributed by atoms with Gasteiger partial charge >= 0.3 is 12.1 Å². The van der Waals surface area contributed by atoms with Crippen LogP contribution < -0.4 is 0 Å². The summed E-state index contributed by atoms with van der Waals surface area (Å²) in [4.78, 5) is 36.1. The van der Waals surface area contributed by atoms with E-state index in [9.17, 15) is 14.4 Å². The monoisotopic (exact) mass is 305 g/mol. The SMILES string of the molecule is O=C(O)CCC(=O)C1CCCN1C(=O)OCc1ccccc1. The van der Waals surface area contributed by atoms with Crippen LogP contribution in [0.5, 0.6) is 0 Å². The number of carbonyl (C=O) groups is 3. The Kier molecular flexibility index (Phi) is 5.52. The minimum absolute atomic E-state index is 0.0531. The molecule has 1 atom stereocenters. The molecule has 1 aliphatic rings. The first-order valence-electron chi connectivity index (χ1n) is 7.30. The number of nitrogens with zero attached hydrogens (tertiary/aromatic N) is 1. The van der Waals surface area contributed by atoms with Crippen LogP contribution in [0.1, 0.15) is 31.2 Å². The molecule has 1 saturated heterocycles. The van der Waals surface area contributed by atoms with Crippen molar-refractivity contribution in [3.05, 3.63) is 35.9 Å². The summed E-state index contributed by atoms with van der Waals surface area (Å²) in [6, 6.07) is 8.75. The minimum atomic E-state index is -1.01. The van der Waals surface area contributed by atoms with Crippen LogP contribution in [-0.2, 0) is 20.9 Å². The van der Waals surface area contributed by atoms with E-state index in [0.29, 0.717) is 13.0 Å². The molecule has 0 radical (unpaired) electrons. The lowest BCUT2D eigenvalue weighted by Crippen LogP contribution is -2.40. The van der Waals surface area contributed by atoms with Gasteiger partial charge in [-0.05, 0) is 18.4 Å². The van der Waals surface area contributed by atoms with Gasteiger partial charge in [-0.15, -0.1) is 0 Å². The van der Waals surface area contributed by atoms with E-state index in [2.05, 4.69) is 0 Å². The number of amides is 1. The summed E-state index contributed by atoms with van der Waals surface area (Å²) in [6.07, 6.45) is 0.517. The highest BCUT2D eigenvalue weighted by Crippen LogP contribution is 2.21. The first-order chi connectivity index (χ1) is 10.6.